The minimum Gasteiger partial charge on any atom is -0.482 e. The molecule has 1 amide bonds. The molecule has 2 aliphatic rings. The van der Waals surface area contributed by atoms with Gasteiger partial charge in [0.15, 0.2) is 12.4 Å². The van der Waals surface area contributed by atoms with Crippen LogP contribution in [0.3, 0.4) is 0 Å². The lowest BCUT2D eigenvalue weighted by atomic mass is 9.89. The van der Waals surface area contributed by atoms with E-state index in [1.54, 1.807) is 40.5 Å². The van der Waals surface area contributed by atoms with Crippen molar-refractivity contribution >= 4 is 38.9 Å². The molecule has 0 bridgehead atoms. The topological polar surface area (TPSA) is 81.5 Å². The van der Waals surface area contributed by atoms with Crippen molar-refractivity contribution in [2.75, 3.05) is 18.1 Å². The summed E-state index contributed by atoms with van der Waals surface area (Å²) in [7, 11) is 0. The number of anilines is 1. The molecule has 1 aliphatic carbocycles. The lowest BCUT2D eigenvalue weighted by Crippen LogP contribution is -2.39. The third kappa shape index (κ3) is 3.44. The maximum Gasteiger partial charge on any atom is 0.265 e. The fourth-order valence-electron chi connectivity index (χ4n) is 4.43. The first-order chi connectivity index (χ1) is 15.5. The van der Waals surface area contributed by atoms with Gasteiger partial charge in [-0.1, -0.05) is 13.0 Å². The molecular formula is C24H23N3O4S. The number of thiophene rings is 1. The third-order valence-corrected chi connectivity index (χ3v) is 7.29. The molecule has 164 valence electrons. The number of carbonyl (C=O) groups excluding carboxylic acids is 2. The van der Waals surface area contributed by atoms with Gasteiger partial charge in [-0.05, 0) is 48.9 Å². The number of Topliss-reactive ketones (excluding diaryl/α,β-unsaturated/α-hetero) is 1. The molecule has 32 heavy (non-hydrogen) atoms. The Morgan fingerprint density at radius 2 is 2.22 bits per heavy atom. The smallest absolute Gasteiger partial charge is 0.265 e. The number of hydrogen-bond acceptors (Lipinski definition) is 6. The van der Waals surface area contributed by atoms with Gasteiger partial charge in [-0.2, -0.15) is 0 Å². The Bertz CT molecular complexity index is 1320. The summed E-state index contributed by atoms with van der Waals surface area (Å²) in [5.74, 6) is 0.733. The zero-order valence-corrected chi connectivity index (χ0v) is 18.6. The van der Waals surface area contributed by atoms with Crippen molar-refractivity contribution in [3.8, 4) is 5.75 Å². The molecule has 1 atom stereocenters. The average Bonchev–Trinajstić information content (AvgIpc) is 3.15. The number of rotatable bonds is 5. The minimum atomic E-state index is -0.231. The summed E-state index contributed by atoms with van der Waals surface area (Å²) >= 11 is 1.59. The molecule has 0 saturated heterocycles. The van der Waals surface area contributed by atoms with E-state index in [0.717, 1.165) is 29.7 Å². The van der Waals surface area contributed by atoms with Crippen LogP contribution in [-0.4, -0.2) is 34.4 Å². The lowest BCUT2D eigenvalue weighted by Gasteiger charge is -2.28. The van der Waals surface area contributed by atoms with E-state index >= 15 is 0 Å². The van der Waals surface area contributed by atoms with Crippen molar-refractivity contribution in [2.24, 2.45) is 5.92 Å². The Morgan fingerprint density at radius 1 is 1.38 bits per heavy atom. The number of aromatic nitrogens is 2. The molecule has 8 heteroatoms. The van der Waals surface area contributed by atoms with E-state index in [2.05, 4.69) is 18.5 Å². The average molecular weight is 450 g/mol. The highest BCUT2D eigenvalue weighted by Gasteiger charge is 2.26. The second kappa shape index (κ2) is 8.02. The van der Waals surface area contributed by atoms with E-state index in [0.29, 0.717) is 34.8 Å². The van der Waals surface area contributed by atoms with Crippen LogP contribution >= 0.6 is 11.3 Å². The summed E-state index contributed by atoms with van der Waals surface area (Å²) in [6.07, 6.45) is 6.01. The molecule has 2 aromatic heterocycles. The SMILES string of the molecule is C=CCN1C(=O)COc2ccc(C(=O)Cn3cnc4sc5c(c4c3=O)CCC(C)C5)cc21. The molecule has 3 heterocycles. The van der Waals surface area contributed by atoms with E-state index in [1.165, 1.54) is 15.8 Å². The van der Waals surface area contributed by atoms with Crippen LogP contribution in [0.1, 0.15) is 34.1 Å². The van der Waals surface area contributed by atoms with Crippen LogP contribution < -0.4 is 15.2 Å². The summed E-state index contributed by atoms with van der Waals surface area (Å²) in [6, 6.07) is 4.99. The predicted molar refractivity (Wildman–Crippen MR) is 124 cm³/mol. The molecule has 5 rings (SSSR count). The van der Waals surface area contributed by atoms with Gasteiger partial charge < -0.3 is 9.64 Å². The van der Waals surface area contributed by atoms with Crippen LogP contribution in [0.15, 0.2) is 42.0 Å². The Labute approximate surface area is 188 Å². The monoisotopic (exact) mass is 449 g/mol. The quantitative estimate of drug-likeness (QED) is 0.441. The number of fused-ring (bicyclic) bond motifs is 4. The van der Waals surface area contributed by atoms with Crippen molar-refractivity contribution in [1.29, 1.82) is 0 Å². The molecule has 1 unspecified atom stereocenters. The zero-order chi connectivity index (χ0) is 22.4. The number of ketones is 1. The van der Waals surface area contributed by atoms with Crippen molar-refractivity contribution in [1.82, 2.24) is 9.55 Å². The highest BCUT2D eigenvalue weighted by Crippen LogP contribution is 2.36. The number of carbonyl (C=O) groups is 2. The van der Waals surface area contributed by atoms with Crippen LogP contribution in [0.5, 0.6) is 5.75 Å². The van der Waals surface area contributed by atoms with Crippen molar-refractivity contribution in [3.63, 3.8) is 0 Å². The van der Waals surface area contributed by atoms with E-state index in [-0.39, 0.29) is 30.4 Å². The second-order valence-corrected chi connectivity index (χ2v) is 9.48. The Balaban J connectivity index is 1.47. The minimum absolute atomic E-state index is 0.0427. The van der Waals surface area contributed by atoms with Gasteiger partial charge in [-0.3, -0.25) is 19.0 Å². The highest BCUT2D eigenvalue weighted by molar-refractivity contribution is 7.18. The molecule has 0 fully saturated rings. The summed E-state index contributed by atoms with van der Waals surface area (Å²) in [5.41, 5.74) is 1.88. The molecule has 0 saturated carbocycles. The highest BCUT2D eigenvalue weighted by atomic mass is 32.1. The number of aryl methyl sites for hydroxylation is 1. The molecule has 0 N–H and O–H groups in total. The first kappa shape index (κ1) is 20.6. The van der Waals surface area contributed by atoms with Gasteiger partial charge in [0.25, 0.3) is 11.5 Å². The van der Waals surface area contributed by atoms with Crippen LogP contribution in [-0.2, 0) is 24.2 Å². The van der Waals surface area contributed by atoms with E-state index in [1.807, 2.05) is 0 Å². The van der Waals surface area contributed by atoms with Crippen molar-refractivity contribution < 1.29 is 14.3 Å². The Kier molecular flexibility index (Phi) is 5.17. The summed E-state index contributed by atoms with van der Waals surface area (Å²) in [6.45, 7) is 6.09. The standard InChI is InChI=1S/C24H23N3O4S/c1-3-8-27-17-10-15(5-7-19(17)31-12-21(27)29)18(28)11-26-13-25-23-22(24(26)30)16-6-4-14(2)9-20(16)32-23/h3,5,7,10,13-14H,1,4,6,8-9,11-12H2,2H3. The number of nitrogens with zero attached hydrogens (tertiary/aromatic N) is 3. The number of amides is 1. The normalized spacial score (nSPS) is 17.6. The van der Waals surface area contributed by atoms with Crippen LogP contribution in [0.4, 0.5) is 5.69 Å². The van der Waals surface area contributed by atoms with Crippen molar-refractivity contribution in [3.05, 3.63) is 63.5 Å². The predicted octanol–water partition coefficient (Wildman–Crippen LogP) is 3.38. The molecule has 1 aromatic carbocycles. The summed E-state index contributed by atoms with van der Waals surface area (Å²) in [4.78, 5) is 46.5. The number of hydrogen-bond donors (Lipinski definition) is 0. The number of ether oxygens (including phenoxy) is 1. The van der Waals surface area contributed by atoms with Gasteiger partial charge >= 0.3 is 0 Å². The van der Waals surface area contributed by atoms with Gasteiger partial charge in [-0.25, -0.2) is 4.98 Å². The zero-order valence-electron chi connectivity index (χ0n) is 17.8. The fraction of sp³-hybridized carbons (Fsp3) is 0.333. The maximum atomic E-state index is 13.2. The van der Waals surface area contributed by atoms with Gasteiger partial charge in [0.1, 0.15) is 10.6 Å². The van der Waals surface area contributed by atoms with Crippen LogP contribution in [0.2, 0.25) is 0 Å². The Hall–Kier alpha value is -3.26. The molecule has 0 spiro atoms. The van der Waals surface area contributed by atoms with Crippen LogP contribution in [0.25, 0.3) is 10.2 Å². The van der Waals surface area contributed by atoms with Crippen LogP contribution in [0, 0.1) is 5.92 Å². The Morgan fingerprint density at radius 3 is 3.03 bits per heavy atom. The van der Waals surface area contributed by atoms with Gasteiger partial charge in [-0.15, -0.1) is 17.9 Å². The van der Waals surface area contributed by atoms with E-state index in [9.17, 15) is 14.4 Å². The fourth-order valence-corrected chi connectivity index (χ4v) is 5.77. The molecule has 1 aliphatic heterocycles. The number of benzene rings is 1. The maximum absolute atomic E-state index is 13.2. The molecule has 0 radical (unpaired) electrons. The van der Waals surface area contributed by atoms with Gasteiger partial charge in [0.05, 0.1) is 23.9 Å². The van der Waals surface area contributed by atoms with Crippen molar-refractivity contribution in [2.45, 2.75) is 32.7 Å². The molecule has 7 nitrogen and oxygen atoms in total. The lowest BCUT2D eigenvalue weighted by molar-refractivity contribution is -0.121. The summed E-state index contributed by atoms with van der Waals surface area (Å²) in [5, 5.41) is 0.661. The third-order valence-electron chi connectivity index (χ3n) is 6.13. The van der Waals surface area contributed by atoms with Gasteiger partial charge in [0, 0.05) is 17.0 Å². The second-order valence-electron chi connectivity index (χ2n) is 8.40. The first-order valence-electron chi connectivity index (χ1n) is 10.7. The molecule has 3 aromatic rings. The van der Waals surface area contributed by atoms with Gasteiger partial charge in [0.2, 0.25) is 0 Å². The van der Waals surface area contributed by atoms with E-state index in [4.69, 9.17) is 4.74 Å². The largest absolute Gasteiger partial charge is 0.482 e. The summed E-state index contributed by atoms with van der Waals surface area (Å²) < 4.78 is 6.87. The van der Waals surface area contributed by atoms with E-state index < -0.39 is 0 Å². The molecular weight excluding hydrogens is 426 g/mol. The first-order valence-corrected chi connectivity index (χ1v) is 11.5.